The van der Waals surface area contributed by atoms with Gasteiger partial charge < -0.3 is 10.2 Å². The van der Waals surface area contributed by atoms with E-state index in [4.69, 9.17) is 0 Å². The number of benzene rings is 2. The first kappa shape index (κ1) is 18.1. The number of hydrogen-bond donors (Lipinski definition) is 1. The molecule has 0 aliphatic carbocycles. The van der Waals surface area contributed by atoms with Gasteiger partial charge in [-0.3, -0.25) is 9.59 Å². The summed E-state index contributed by atoms with van der Waals surface area (Å²) in [6.45, 7) is 1.06. The first-order chi connectivity index (χ1) is 12.6. The molecular formula is C21H23FN2O2. The minimum Gasteiger partial charge on any atom is -0.354 e. The molecule has 1 saturated heterocycles. The van der Waals surface area contributed by atoms with Crippen molar-refractivity contribution in [2.75, 3.05) is 13.1 Å². The highest BCUT2D eigenvalue weighted by Crippen LogP contribution is 2.17. The van der Waals surface area contributed by atoms with Crippen molar-refractivity contribution in [1.29, 1.82) is 0 Å². The molecule has 1 unspecified atom stereocenters. The second-order valence-corrected chi connectivity index (χ2v) is 6.65. The summed E-state index contributed by atoms with van der Waals surface area (Å²) in [7, 11) is 0. The van der Waals surface area contributed by atoms with E-state index >= 15 is 0 Å². The number of nitrogens with one attached hydrogen (secondary N) is 1. The van der Waals surface area contributed by atoms with Crippen LogP contribution in [0, 0.1) is 5.82 Å². The molecule has 136 valence electrons. The van der Waals surface area contributed by atoms with E-state index in [1.807, 2.05) is 41.3 Å². The minimum atomic E-state index is -0.290. The van der Waals surface area contributed by atoms with Crippen molar-refractivity contribution >= 4 is 11.8 Å². The Kier molecular flexibility index (Phi) is 6.00. The zero-order valence-electron chi connectivity index (χ0n) is 14.7. The summed E-state index contributed by atoms with van der Waals surface area (Å²) in [6, 6.07) is 15.8. The van der Waals surface area contributed by atoms with Gasteiger partial charge in [-0.05, 0) is 36.1 Å². The van der Waals surface area contributed by atoms with Crippen LogP contribution in [-0.2, 0) is 22.4 Å². The minimum absolute atomic E-state index is 0.0768. The van der Waals surface area contributed by atoms with Crippen molar-refractivity contribution < 1.29 is 14.0 Å². The smallest absolute Gasteiger partial charge is 0.224 e. The van der Waals surface area contributed by atoms with Crippen molar-refractivity contribution in [3.8, 4) is 0 Å². The van der Waals surface area contributed by atoms with Gasteiger partial charge in [0, 0.05) is 19.5 Å². The molecule has 0 saturated carbocycles. The Bertz CT molecular complexity index is 764. The van der Waals surface area contributed by atoms with Gasteiger partial charge in [0.2, 0.25) is 11.8 Å². The Labute approximate surface area is 153 Å². The molecule has 2 amide bonds. The van der Waals surface area contributed by atoms with E-state index in [1.54, 1.807) is 6.07 Å². The van der Waals surface area contributed by atoms with E-state index in [0.717, 1.165) is 17.5 Å². The lowest BCUT2D eigenvalue weighted by Gasteiger charge is -2.28. The van der Waals surface area contributed by atoms with Crippen LogP contribution in [0.3, 0.4) is 0 Å². The second-order valence-electron chi connectivity index (χ2n) is 6.65. The van der Waals surface area contributed by atoms with Gasteiger partial charge >= 0.3 is 0 Å². The van der Waals surface area contributed by atoms with Crippen LogP contribution < -0.4 is 5.32 Å². The predicted molar refractivity (Wildman–Crippen MR) is 98.0 cm³/mol. The largest absolute Gasteiger partial charge is 0.354 e. The maximum Gasteiger partial charge on any atom is 0.224 e. The number of hydrogen-bond acceptors (Lipinski definition) is 2. The predicted octanol–water partition coefficient (Wildman–Crippen LogP) is 2.72. The molecular weight excluding hydrogens is 331 g/mol. The lowest BCUT2D eigenvalue weighted by molar-refractivity contribution is -0.130. The number of carbonyl (C=O) groups excluding carboxylic acids is 2. The van der Waals surface area contributed by atoms with Gasteiger partial charge in [-0.2, -0.15) is 0 Å². The van der Waals surface area contributed by atoms with Crippen LogP contribution >= 0.6 is 0 Å². The second kappa shape index (κ2) is 8.61. The van der Waals surface area contributed by atoms with E-state index < -0.39 is 0 Å². The number of carbonyl (C=O) groups is 2. The number of amides is 2. The van der Waals surface area contributed by atoms with Crippen LogP contribution in [0.25, 0.3) is 0 Å². The van der Waals surface area contributed by atoms with Crippen LogP contribution in [0.4, 0.5) is 4.39 Å². The summed E-state index contributed by atoms with van der Waals surface area (Å²) in [5, 5.41) is 2.94. The molecule has 0 spiro atoms. The number of halogens is 1. The van der Waals surface area contributed by atoms with Gasteiger partial charge in [0.15, 0.2) is 0 Å². The fraction of sp³-hybridized carbons (Fsp3) is 0.333. The number of rotatable bonds is 7. The quantitative estimate of drug-likeness (QED) is 0.831. The summed E-state index contributed by atoms with van der Waals surface area (Å²) in [4.78, 5) is 26.2. The molecule has 1 aliphatic rings. The first-order valence-electron chi connectivity index (χ1n) is 8.96. The highest BCUT2D eigenvalue weighted by molar-refractivity contribution is 5.80. The molecule has 2 aromatic rings. The molecule has 1 heterocycles. The van der Waals surface area contributed by atoms with Gasteiger partial charge in [-0.15, -0.1) is 0 Å². The van der Waals surface area contributed by atoms with Gasteiger partial charge in [0.1, 0.15) is 5.82 Å². The van der Waals surface area contributed by atoms with Crippen molar-refractivity contribution in [3.63, 3.8) is 0 Å². The van der Waals surface area contributed by atoms with E-state index in [-0.39, 0.29) is 23.7 Å². The monoisotopic (exact) mass is 354 g/mol. The van der Waals surface area contributed by atoms with Crippen molar-refractivity contribution in [2.45, 2.75) is 31.7 Å². The Morgan fingerprint density at radius 2 is 1.88 bits per heavy atom. The molecule has 3 rings (SSSR count). The molecule has 1 N–H and O–H groups in total. The number of likely N-dealkylation sites (tertiary alicyclic amines) is 1. The van der Waals surface area contributed by atoms with Crippen LogP contribution in [0.5, 0.6) is 0 Å². The molecule has 0 aromatic heterocycles. The van der Waals surface area contributed by atoms with Crippen molar-refractivity contribution in [2.24, 2.45) is 0 Å². The normalized spacial score (nSPS) is 15.1. The van der Waals surface area contributed by atoms with Gasteiger partial charge in [-0.1, -0.05) is 42.5 Å². The third kappa shape index (κ3) is 4.91. The van der Waals surface area contributed by atoms with Crippen molar-refractivity contribution in [3.05, 3.63) is 71.5 Å². The van der Waals surface area contributed by atoms with Crippen LogP contribution in [-0.4, -0.2) is 35.8 Å². The summed E-state index contributed by atoms with van der Waals surface area (Å²) in [5.41, 5.74) is 1.77. The van der Waals surface area contributed by atoms with Crippen LogP contribution in [0.2, 0.25) is 0 Å². The standard InChI is InChI=1S/C21H23FN2O2/c22-18-9-4-8-17(12-18)13-19(24-11-5-10-21(24)26)15-23-20(25)14-16-6-2-1-3-7-16/h1-4,6-9,12,19H,5,10-11,13-15H2,(H,23,25). The Morgan fingerprint density at radius 3 is 2.58 bits per heavy atom. The Balaban J connectivity index is 1.63. The lowest BCUT2D eigenvalue weighted by Crippen LogP contribution is -2.46. The Morgan fingerprint density at radius 1 is 1.12 bits per heavy atom. The zero-order valence-corrected chi connectivity index (χ0v) is 14.7. The summed E-state index contributed by atoms with van der Waals surface area (Å²) < 4.78 is 13.5. The lowest BCUT2D eigenvalue weighted by atomic mass is 10.0. The third-order valence-corrected chi connectivity index (χ3v) is 4.65. The van der Waals surface area contributed by atoms with E-state index in [1.165, 1.54) is 12.1 Å². The molecule has 1 atom stereocenters. The topological polar surface area (TPSA) is 49.4 Å². The molecule has 5 heteroatoms. The molecule has 1 aliphatic heterocycles. The maximum absolute atomic E-state index is 13.5. The van der Waals surface area contributed by atoms with Crippen molar-refractivity contribution in [1.82, 2.24) is 10.2 Å². The SMILES string of the molecule is O=C(Cc1ccccc1)NCC(Cc1cccc(F)c1)N1CCCC1=O. The van der Waals surface area contributed by atoms with Gasteiger partial charge in [-0.25, -0.2) is 4.39 Å². The summed E-state index contributed by atoms with van der Waals surface area (Å²) in [6.07, 6.45) is 2.20. The summed E-state index contributed by atoms with van der Waals surface area (Å²) in [5.74, 6) is -0.266. The Hall–Kier alpha value is -2.69. The highest BCUT2D eigenvalue weighted by atomic mass is 19.1. The summed E-state index contributed by atoms with van der Waals surface area (Å²) >= 11 is 0. The van der Waals surface area contributed by atoms with E-state index in [0.29, 0.717) is 32.4 Å². The molecule has 2 aromatic carbocycles. The van der Waals surface area contributed by atoms with Gasteiger partial charge in [0.05, 0.1) is 12.5 Å². The molecule has 1 fully saturated rings. The number of nitrogens with zero attached hydrogens (tertiary/aromatic N) is 1. The van der Waals surface area contributed by atoms with Crippen LogP contribution in [0.15, 0.2) is 54.6 Å². The molecule has 26 heavy (non-hydrogen) atoms. The van der Waals surface area contributed by atoms with E-state index in [9.17, 15) is 14.0 Å². The van der Waals surface area contributed by atoms with Crippen LogP contribution in [0.1, 0.15) is 24.0 Å². The fourth-order valence-corrected chi connectivity index (χ4v) is 3.36. The zero-order chi connectivity index (χ0) is 18.4. The maximum atomic E-state index is 13.5. The molecule has 4 nitrogen and oxygen atoms in total. The van der Waals surface area contributed by atoms with Gasteiger partial charge in [0.25, 0.3) is 0 Å². The van der Waals surface area contributed by atoms with E-state index in [2.05, 4.69) is 5.32 Å². The first-order valence-corrected chi connectivity index (χ1v) is 8.96. The highest BCUT2D eigenvalue weighted by Gasteiger charge is 2.28. The third-order valence-electron chi connectivity index (χ3n) is 4.65. The molecule has 0 bridgehead atoms. The average molecular weight is 354 g/mol. The average Bonchev–Trinajstić information content (AvgIpc) is 3.05. The molecule has 0 radical (unpaired) electrons. The fourth-order valence-electron chi connectivity index (χ4n) is 3.36.